The van der Waals surface area contributed by atoms with Gasteiger partial charge in [-0.15, -0.1) is 0 Å². The van der Waals surface area contributed by atoms with E-state index in [1.807, 2.05) is 0 Å². The molecular formula is C70H56N4. The lowest BCUT2D eigenvalue weighted by Gasteiger charge is -2.31. The fourth-order valence-electron chi connectivity index (χ4n) is 10.7. The van der Waals surface area contributed by atoms with E-state index in [-0.39, 0.29) is 1.43 Å². The number of nitrogens with zero attached hydrogens (tertiary/aromatic N) is 4. The van der Waals surface area contributed by atoms with Gasteiger partial charge in [-0.25, -0.2) is 0 Å². The van der Waals surface area contributed by atoms with Crippen molar-refractivity contribution < 1.29 is 1.43 Å². The fourth-order valence-corrected chi connectivity index (χ4v) is 10.7. The lowest BCUT2D eigenvalue weighted by Crippen LogP contribution is -2.13. The Bertz CT molecular complexity index is 3500. The quantitative estimate of drug-likeness (QED) is 0.114. The molecule has 0 unspecified atom stereocenters. The van der Waals surface area contributed by atoms with Gasteiger partial charge in [0.25, 0.3) is 0 Å². The van der Waals surface area contributed by atoms with E-state index < -0.39 is 0 Å². The van der Waals surface area contributed by atoms with E-state index in [4.69, 9.17) is 0 Å². The lowest BCUT2D eigenvalue weighted by atomic mass is 9.86. The molecule has 0 saturated carbocycles. The van der Waals surface area contributed by atoms with Crippen LogP contribution in [0.4, 0.5) is 68.2 Å². The standard InChI is InChI=1S/C70H54N4.H2/c1-51-49-67(73(57-33-17-7-18-34-57)61-45-41-59(42-46-61)71(53-25-9-3-10-26-53)54-27-11-4-12-28-54)63-37-21-23-39-65(63)69(51)70-52(2)50-68(64-38-22-24-40-66(64)70)74(58-35-19-8-20-36-58)62-47-43-60(44-48-62)72(55-29-13-5-14-30-55)56-31-15-6-16-32-56;/h3-50H,1-2H3;1H. The molecule has 12 rings (SSSR count). The Morgan fingerprint density at radius 2 is 0.392 bits per heavy atom. The Labute approximate surface area is 436 Å². The number of anilines is 12. The van der Waals surface area contributed by atoms with Gasteiger partial charge in [-0.3, -0.25) is 0 Å². The molecular weight excluding hydrogens is 897 g/mol. The predicted octanol–water partition coefficient (Wildman–Crippen LogP) is 20.4. The van der Waals surface area contributed by atoms with Crippen molar-refractivity contribution in [2.45, 2.75) is 13.8 Å². The number of para-hydroxylation sites is 6. The zero-order chi connectivity index (χ0) is 49.8. The molecule has 0 fully saturated rings. The number of fused-ring (bicyclic) bond motifs is 2. The van der Waals surface area contributed by atoms with Crippen LogP contribution in [-0.4, -0.2) is 0 Å². The van der Waals surface area contributed by atoms with Crippen LogP contribution in [0.5, 0.6) is 0 Å². The van der Waals surface area contributed by atoms with Gasteiger partial charge >= 0.3 is 0 Å². The molecule has 0 saturated heterocycles. The Kier molecular flexibility index (Phi) is 12.4. The van der Waals surface area contributed by atoms with Gasteiger partial charge in [0.2, 0.25) is 0 Å². The molecule has 0 aromatic heterocycles. The van der Waals surface area contributed by atoms with Crippen molar-refractivity contribution in [2.24, 2.45) is 0 Å². The highest BCUT2D eigenvalue weighted by molar-refractivity contribution is 6.15. The molecule has 0 bridgehead atoms. The van der Waals surface area contributed by atoms with E-state index in [0.717, 1.165) is 68.2 Å². The second kappa shape index (κ2) is 20.2. The van der Waals surface area contributed by atoms with Crippen LogP contribution in [0.2, 0.25) is 0 Å². The van der Waals surface area contributed by atoms with Gasteiger partial charge in [0.15, 0.2) is 0 Å². The Balaban J connectivity index is 0.00000602. The number of benzene rings is 12. The number of hydrogen-bond acceptors (Lipinski definition) is 4. The summed E-state index contributed by atoms with van der Waals surface area (Å²) in [5.41, 5.74) is 18.1. The summed E-state index contributed by atoms with van der Waals surface area (Å²) in [6.07, 6.45) is 0. The maximum atomic E-state index is 2.41. The van der Waals surface area contributed by atoms with Crippen molar-refractivity contribution >= 4 is 89.8 Å². The summed E-state index contributed by atoms with van der Waals surface area (Å²) >= 11 is 0. The lowest BCUT2D eigenvalue weighted by molar-refractivity contribution is 1.26. The van der Waals surface area contributed by atoms with E-state index in [9.17, 15) is 0 Å². The molecule has 0 N–H and O–H groups in total. The third kappa shape index (κ3) is 8.69. The smallest absolute Gasteiger partial charge is 0.0543 e. The van der Waals surface area contributed by atoms with Crippen LogP contribution in [0.1, 0.15) is 12.6 Å². The Morgan fingerprint density at radius 1 is 0.203 bits per heavy atom. The molecule has 0 radical (unpaired) electrons. The highest BCUT2D eigenvalue weighted by atomic mass is 15.2. The summed E-state index contributed by atoms with van der Waals surface area (Å²) in [6, 6.07) is 104. The van der Waals surface area contributed by atoms with Crippen LogP contribution >= 0.6 is 0 Å². The summed E-state index contributed by atoms with van der Waals surface area (Å²) in [5, 5.41) is 4.76. The van der Waals surface area contributed by atoms with E-state index in [1.54, 1.807) is 0 Å². The maximum absolute atomic E-state index is 2.41. The normalized spacial score (nSPS) is 11.1. The van der Waals surface area contributed by atoms with Gasteiger partial charge in [-0.2, -0.15) is 0 Å². The first kappa shape index (κ1) is 45.5. The van der Waals surface area contributed by atoms with Crippen molar-refractivity contribution in [3.8, 4) is 11.1 Å². The Morgan fingerprint density at radius 3 is 0.649 bits per heavy atom. The van der Waals surface area contributed by atoms with Gasteiger partial charge in [-0.05, 0) is 180 Å². The molecule has 0 aliphatic rings. The van der Waals surface area contributed by atoms with Crippen molar-refractivity contribution in [2.75, 3.05) is 19.6 Å². The zero-order valence-electron chi connectivity index (χ0n) is 41.5. The Hall–Kier alpha value is -9.64. The first-order valence-electron chi connectivity index (χ1n) is 25.3. The molecule has 0 heterocycles. The van der Waals surface area contributed by atoms with E-state index in [2.05, 4.69) is 325 Å². The van der Waals surface area contributed by atoms with Crippen molar-refractivity contribution in [1.82, 2.24) is 0 Å². The van der Waals surface area contributed by atoms with Gasteiger partial charge < -0.3 is 19.6 Å². The second-order valence-electron chi connectivity index (χ2n) is 18.7. The minimum absolute atomic E-state index is 0. The van der Waals surface area contributed by atoms with Crippen molar-refractivity contribution in [3.05, 3.63) is 302 Å². The van der Waals surface area contributed by atoms with E-state index in [1.165, 1.54) is 43.8 Å². The molecule has 4 heteroatoms. The molecule has 0 amide bonds. The van der Waals surface area contributed by atoms with Crippen LogP contribution in [0, 0.1) is 13.8 Å². The maximum Gasteiger partial charge on any atom is 0.0543 e. The molecule has 0 aliphatic carbocycles. The van der Waals surface area contributed by atoms with E-state index >= 15 is 0 Å². The van der Waals surface area contributed by atoms with Crippen LogP contribution in [0.15, 0.2) is 291 Å². The molecule has 0 spiro atoms. The van der Waals surface area contributed by atoms with Crippen molar-refractivity contribution in [3.63, 3.8) is 0 Å². The third-order valence-corrected chi connectivity index (χ3v) is 14.0. The first-order valence-corrected chi connectivity index (χ1v) is 25.3. The highest BCUT2D eigenvalue weighted by Gasteiger charge is 2.25. The largest absolute Gasteiger partial charge is 0.311 e. The molecule has 12 aromatic rings. The van der Waals surface area contributed by atoms with Crippen LogP contribution in [0.25, 0.3) is 32.7 Å². The van der Waals surface area contributed by atoms with Gasteiger partial charge in [-0.1, -0.05) is 158 Å². The summed E-state index contributed by atoms with van der Waals surface area (Å²) in [6.45, 7) is 4.56. The molecule has 4 nitrogen and oxygen atoms in total. The van der Waals surface area contributed by atoms with Crippen LogP contribution < -0.4 is 19.6 Å². The number of aryl methyl sites for hydroxylation is 2. The molecule has 12 aromatic carbocycles. The summed E-state index contributed by atoms with van der Waals surface area (Å²) in [7, 11) is 0. The number of rotatable bonds is 13. The monoisotopic (exact) mass is 952 g/mol. The average Bonchev–Trinajstić information content (AvgIpc) is 3.47. The minimum Gasteiger partial charge on any atom is -0.311 e. The number of hydrogen-bond donors (Lipinski definition) is 0. The third-order valence-electron chi connectivity index (χ3n) is 14.0. The molecule has 356 valence electrons. The van der Waals surface area contributed by atoms with Gasteiger partial charge in [0.05, 0.1) is 11.4 Å². The summed E-state index contributed by atoms with van der Waals surface area (Å²) in [4.78, 5) is 9.44. The van der Waals surface area contributed by atoms with Crippen molar-refractivity contribution in [1.29, 1.82) is 0 Å². The zero-order valence-corrected chi connectivity index (χ0v) is 41.5. The summed E-state index contributed by atoms with van der Waals surface area (Å²) in [5.74, 6) is 0. The van der Waals surface area contributed by atoms with Gasteiger partial charge in [0, 0.05) is 69.1 Å². The van der Waals surface area contributed by atoms with Crippen LogP contribution in [0.3, 0.4) is 0 Å². The topological polar surface area (TPSA) is 13.0 Å². The predicted molar refractivity (Wildman–Crippen MR) is 317 cm³/mol. The molecule has 0 aliphatic heterocycles. The summed E-state index contributed by atoms with van der Waals surface area (Å²) < 4.78 is 0. The molecule has 74 heavy (non-hydrogen) atoms. The van der Waals surface area contributed by atoms with Gasteiger partial charge in [0.1, 0.15) is 0 Å². The SMILES string of the molecule is Cc1cc(N(c2ccccc2)c2ccc(N(c3ccccc3)c3ccccc3)cc2)c2ccccc2c1-c1c(C)cc(N(c2ccccc2)c2ccc(N(c3ccccc3)c3ccccc3)cc2)c2ccccc12.[HH]. The minimum atomic E-state index is 0. The molecule has 0 atom stereocenters. The van der Waals surface area contributed by atoms with E-state index in [0.29, 0.717) is 0 Å². The van der Waals surface area contributed by atoms with Crippen LogP contribution in [-0.2, 0) is 0 Å². The highest BCUT2D eigenvalue weighted by Crippen LogP contribution is 2.49. The first-order chi connectivity index (χ1) is 36.6. The fraction of sp³-hybridized carbons (Fsp3) is 0.0286. The average molecular weight is 953 g/mol. The second-order valence-corrected chi connectivity index (χ2v) is 18.7.